The predicted molar refractivity (Wildman–Crippen MR) is 146 cm³/mol. The first-order valence-corrected chi connectivity index (χ1v) is 13.1. The standard InChI is InChI=1S/C28H32ClN7O/c1-21-23(20-33-9-11-35(12-10-33)27-25(29)7-4-8-31-27)18-26(32(21)2)28(37)36-15-13-34(14-16-36)24-6-3-5-22(17-24)19-30/h3-8,17-18H,9-16,20H2,1-2H3. The van der Waals surface area contributed by atoms with Gasteiger partial charge in [-0.2, -0.15) is 5.26 Å². The van der Waals surface area contributed by atoms with Gasteiger partial charge in [-0.3, -0.25) is 9.69 Å². The van der Waals surface area contributed by atoms with Crippen molar-refractivity contribution in [2.24, 2.45) is 7.05 Å². The molecule has 4 heterocycles. The molecule has 2 saturated heterocycles. The number of aromatic nitrogens is 2. The Morgan fingerprint density at radius 2 is 1.73 bits per heavy atom. The Balaban J connectivity index is 1.19. The van der Waals surface area contributed by atoms with E-state index in [-0.39, 0.29) is 5.91 Å². The van der Waals surface area contributed by atoms with E-state index in [4.69, 9.17) is 11.6 Å². The van der Waals surface area contributed by atoms with E-state index in [9.17, 15) is 10.1 Å². The van der Waals surface area contributed by atoms with Crippen LogP contribution in [0, 0.1) is 18.3 Å². The fourth-order valence-corrected chi connectivity index (χ4v) is 5.44. The molecular formula is C28H32ClN7O. The zero-order chi connectivity index (χ0) is 25.9. The highest BCUT2D eigenvalue weighted by molar-refractivity contribution is 6.32. The van der Waals surface area contributed by atoms with Crippen LogP contribution in [0.15, 0.2) is 48.7 Å². The molecule has 0 N–H and O–H groups in total. The number of rotatable bonds is 5. The summed E-state index contributed by atoms with van der Waals surface area (Å²) >= 11 is 6.34. The molecule has 2 aliphatic heterocycles. The molecule has 37 heavy (non-hydrogen) atoms. The fraction of sp³-hybridized carbons (Fsp3) is 0.393. The third kappa shape index (κ3) is 5.29. The molecule has 8 nitrogen and oxygen atoms in total. The molecule has 0 bridgehead atoms. The van der Waals surface area contributed by atoms with Crippen LogP contribution in [0.1, 0.15) is 27.3 Å². The normalized spacial score (nSPS) is 16.6. The van der Waals surface area contributed by atoms with E-state index in [2.05, 4.69) is 38.7 Å². The summed E-state index contributed by atoms with van der Waals surface area (Å²) in [6, 6.07) is 15.7. The summed E-state index contributed by atoms with van der Waals surface area (Å²) in [7, 11) is 1.98. The van der Waals surface area contributed by atoms with Crippen LogP contribution in [0.5, 0.6) is 0 Å². The summed E-state index contributed by atoms with van der Waals surface area (Å²) < 4.78 is 2.03. The van der Waals surface area contributed by atoms with E-state index in [0.29, 0.717) is 23.7 Å². The number of anilines is 2. The quantitative estimate of drug-likeness (QED) is 0.515. The molecule has 2 fully saturated rings. The van der Waals surface area contributed by atoms with Crippen LogP contribution in [0.25, 0.3) is 0 Å². The monoisotopic (exact) mass is 517 g/mol. The molecule has 0 radical (unpaired) electrons. The molecule has 0 saturated carbocycles. The Hall–Kier alpha value is -3.54. The van der Waals surface area contributed by atoms with Crippen LogP contribution in [0.2, 0.25) is 5.02 Å². The fourth-order valence-electron chi connectivity index (χ4n) is 5.20. The molecule has 0 aliphatic carbocycles. The van der Waals surface area contributed by atoms with Crippen molar-refractivity contribution in [2.45, 2.75) is 13.5 Å². The number of carbonyl (C=O) groups excluding carboxylic acids is 1. The number of piperazine rings is 2. The molecule has 192 valence electrons. The molecule has 0 unspecified atom stereocenters. The van der Waals surface area contributed by atoms with Gasteiger partial charge in [0.15, 0.2) is 0 Å². The summed E-state index contributed by atoms with van der Waals surface area (Å²) in [5, 5.41) is 9.88. The largest absolute Gasteiger partial charge is 0.368 e. The van der Waals surface area contributed by atoms with Gasteiger partial charge in [-0.05, 0) is 48.9 Å². The number of nitriles is 1. The van der Waals surface area contributed by atoms with Crippen LogP contribution in [0.3, 0.4) is 0 Å². The zero-order valence-electron chi connectivity index (χ0n) is 21.4. The molecule has 9 heteroatoms. The Labute approximate surface area is 223 Å². The smallest absolute Gasteiger partial charge is 0.270 e. The third-order valence-electron chi connectivity index (χ3n) is 7.57. The average Bonchev–Trinajstić information content (AvgIpc) is 3.22. The summed E-state index contributed by atoms with van der Waals surface area (Å²) in [4.78, 5) is 26.8. The molecule has 1 amide bonds. The summed E-state index contributed by atoms with van der Waals surface area (Å²) in [5.74, 6) is 0.933. The molecular weight excluding hydrogens is 486 g/mol. The van der Waals surface area contributed by atoms with Crippen molar-refractivity contribution in [3.8, 4) is 6.07 Å². The highest BCUT2D eigenvalue weighted by Crippen LogP contribution is 2.25. The Morgan fingerprint density at radius 3 is 2.43 bits per heavy atom. The van der Waals surface area contributed by atoms with E-state index < -0.39 is 0 Å². The van der Waals surface area contributed by atoms with E-state index in [1.807, 2.05) is 52.9 Å². The maximum Gasteiger partial charge on any atom is 0.270 e. The molecule has 0 spiro atoms. The number of benzene rings is 1. The van der Waals surface area contributed by atoms with Crippen molar-refractivity contribution in [1.82, 2.24) is 19.4 Å². The van der Waals surface area contributed by atoms with Gasteiger partial charge in [-0.1, -0.05) is 17.7 Å². The maximum atomic E-state index is 13.5. The van der Waals surface area contributed by atoms with Gasteiger partial charge in [0.25, 0.3) is 5.91 Å². The van der Waals surface area contributed by atoms with E-state index in [1.54, 1.807) is 6.20 Å². The number of nitrogens with zero attached hydrogens (tertiary/aromatic N) is 7. The van der Waals surface area contributed by atoms with Gasteiger partial charge in [0, 0.05) is 83.5 Å². The Kier molecular flexibility index (Phi) is 7.36. The van der Waals surface area contributed by atoms with Crippen molar-refractivity contribution in [3.05, 3.63) is 76.2 Å². The van der Waals surface area contributed by atoms with Crippen molar-refractivity contribution in [2.75, 3.05) is 62.2 Å². The highest BCUT2D eigenvalue weighted by Gasteiger charge is 2.27. The van der Waals surface area contributed by atoms with Crippen LogP contribution in [-0.2, 0) is 13.6 Å². The first-order chi connectivity index (χ1) is 17.9. The van der Waals surface area contributed by atoms with Crippen molar-refractivity contribution < 1.29 is 4.79 Å². The van der Waals surface area contributed by atoms with E-state index in [1.165, 1.54) is 5.56 Å². The van der Waals surface area contributed by atoms with Gasteiger partial charge in [-0.25, -0.2) is 4.98 Å². The number of pyridine rings is 1. The average molecular weight is 518 g/mol. The first-order valence-electron chi connectivity index (χ1n) is 12.7. The number of hydrogen-bond acceptors (Lipinski definition) is 6. The maximum absolute atomic E-state index is 13.5. The van der Waals surface area contributed by atoms with Crippen molar-refractivity contribution in [1.29, 1.82) is 5.26 Å². The van der Waals surface area contributed by atoms with Gasteiger partial charge in [-0.15, -0.1) is 0 Å². The number of hydrogen-bond donors (Lipinski definition) is 0. The lowest BCUT2D eigenvalue weighted by Gasteiger charge is -2.36. The number of carbonyl (C=O) groups is 1. The van der Waals surface area contributed by atoms with Gasteiger partial charge in [0.2, 0.25) is 0 Å². The molecule has 1 aromatic carbocycles. The lowest BCUT2D eigenvalue weighted by Crippen LogP contribution is -2.49. The molecule has 0 atom stereocenters. The minimum atomic E-state index is 0.0805. The minimum Gasteiger partial charge on any atom is -0.368 e. The van der Waals surface area contributed by atoms with Gasteiger partial charge >= 0.3 is 0 Å². The van der Waals surface area contributed by atoms with E-state index >= 15 is 0 Å². The second-order valence-electron chi connectivity index (χ2n) is 9.71. The Bertz CT molecular complexity index is 1310. The van der Waals surface area contributed by atoms with Gasteiger partial charge in [0.1, 0.15) is 11.5 Å². The van der Waals surface area contributed by atoms with Crippen LogP contribution in [0.4, 0.5) is 11.5 Å². The minimum absolute atomic E-state index is 0.0805. The molecule has 2 aliphatic rings. The zero-order valence-corrected chi connectivity index (χ0v) is 22.2. The molecule has 3 aromatic rings. The summed E-state index contributed by atoms with van der Waals surface area (Å²) in [6.07, 6.45) is 1.78. The molecule has 5 rings (SSSR count). The lowest BCUT2D eigenvalue weighted by atomic mass is 10.1. The second kappa shape index (κ2) is 10.8. The third-order valence-corrected chi connectivity index (χ3v) is 7.87. The number of halogens is 1. The molecule has 2 aromatic heterocycles. The van der Waals surface area contributed by atoms with Gasteiger partial charge < -0.3 is 19.3 Å². The summed E-state index contributed by atoms with van der Waals surface area (Å²) in [6.45, 7) is 9.31. The predicted octanol–water partition coefficient (Wildman–Crippen LogP) is 3.54. The lowest BCUT2D eigenvalue weighted by molar-refractivity contribution is 0.0737. The topological polar surface area (TPSA) is 71.6 Å². The summed E-state index contributed by atoms with van der Waals surface area (Å²) in [5.41, 5.74) is 4.76. The van der Waals surface area contributed by atoms with E-state index in [0.717, 1.165) is 68.7 Å². The Morgan fingerprint density at radius 1 is 1.00 bits per heavy atom. The van der Waals surface area contributed by atoms with Crippen LogP contribution in [-0.4, -0.2) is 77.6 Å². The first kappa shape index (κ1) is 25.1. The van der Waals surface area contributed by atoms with Crippen LogP contribution >= 0.6 is 11.6 Å². The SMILES string of the molecule is Cc1c(CN2CCN(c3ncccc3Cl)CC2)cc(C(=O)N2CCN(c3cccc(C#N)c3)CC2)n1C. The van der Waals surface area contributed by atoms with Gasteiger partial charge in [0.05, 0.1) is 16.7 Å². The van der Waals surface area contributed by atoms with Crippen molar-refractivity contribution >= 4 is 29.0 Å². The number of amides is 1. The van der Waals surface area contributed by atoms with Crippen LogP contribution < -0.4 is 9.80 Å². The second-order valence-corrected chi connectivity index (χ2v) is 10.1. The van der Waals surface area contributed by atoms with Crippen molar-refractivity contribution in [3.63, 3.8) is 0 Å². The highest BCUT2D eigenvalue weighted by atomic mass is 35.5.